The Bertz CT molecular complexity index is 1000. The molecule has 0 saturated heterocycles. The molecule has 3 rings (SSSR count). The van der Waals surface area contributed by atoms with Crippen LogP contribution in [0.2, 0.25) is 5.02 Å². The van der Waals surface area contributed by atoms with E-state index in [-0.39, 0.29) is 11.8 Å². The monoisotopic (exact) mass is 427 g/mol. The van der Waals surface area contributed by atoms with Crippen molar-refractivity contribution in [2.24, 2.45) is 5.92 Å². The van der Waals surface area contributed by atoms with Crippen molar-refractivity contribution in [1.29, 1.82) is 0 Å². The Hall–Kier alpha value is -2.53. The van der Waals surface area contributed by atoms with Gasteiger partial charge in [-0.1, -0.05) is 37.6 Å². The molecule has 1 heterocycles. The summed E-state index contributed by atoms with van der Waals surface area (Å²) in [6.07, 6.45) is 1.68. The lowest BCUT2D eigenvalue weighted by molar-refractivity contribution is -0.125. The van der Waals surface area contributed by atoms with Crippen molar-refractivity contribution in [1.82, 2.24) is 14.9 Å². The number of ether oxygens (including phenoxy) is 1. The quantitative estimate of drug-likeness (QED) is 0.494. The fourth-order valence-corrected chi connectivity index (χ4v) is 3.83. The van der Waals surface area contributed by atoms with Crippen molar-refractivity contribution in [2.45, 2.75) is 53.6 Å². The number of nitrogens with zero attached hydrogens (tertiary/aromatic N) is 2. The molecule has 0 unspecified atom stereocenters. The van der Waals surface area contributed by atoms with Crippen LogP contribution in [0.1, 0.15) is 43.6 Å². The number of carbonyl (C=O) groups excluding carboxylic acids is 1. The Morgan fingerprint density at radius 3 is 2.50 bits per heavy atom. The summed E-state index contributed by atoms with van der Waals surface area (Å²) in [5.41, 5.74) is 3.97. The number of benzene rings is 2. The highest BCUT2D eigenvalue weighted by Crippen LogP contribution is 2.26. The van der Waals surface area contributed by atoms with Crippen LogP contribution >= 0.6 is 11.6 Å². The van der Waals surface area contributed by atoms with Gasteiger partial charge in [0.15, 0.2) is 0 Å². The number of rotatable bonds is 9. The standard InChI is InChI=1S/C24H30ClN3O2/c1-5-18(6-2)24(29)26-15-22-27-20-9-7-8-10-21(20)28(22)11-12-30-19-13-16(3)23(25)17(4)14-19/h7-10,13-14,18H,5-6,11-12,15H2,1-4H3,(H,26,29). The highest BCUT2D eigenvalue weighted by molar-refractivity contribution is 6.32. The van der Waals surface area contributed by atoms with E-state index in [9.17, 15) is 4.79 Å². The van der Waals surface area contributed by atoms with Gasteiger partial charge >= 0.3 is 0 Å². The predicted octanol–water partition coefficient (Wildman–Crippen LogP) is 5.44. The molecule has 160 valence electrons. The third-order valence-electron chi connectivity index (χ3n) is 5.50. The van der Waals surface area contributed by atoms with Gasteiger partial charge in [-0.15, -0.1) is 0 Å². The minimum absolute atomic E-state index is 0.0440. The molecule has 0 fully saturated rings. The second kappa shape index (κ2) is 9.98. The third-order valence-corrected chi connectivity index (χ3v) is 6.10. The lowest BCUT2D eigenvalue weighted by Gasteiger charge is -2.15. The Balaban J connectivity index is 1.74. The zero-order chi connectivity index (χ0) is 21.7. The molecule has 2 aromatic carbocycles. The molecular weight excluding hydrogens is 398 g/mol. The summed E-state index contributed by atoms with van der Waals surface area (Å²) >= 11 is 6.25. The molecule has 3 aromatic rings. The Morgan fingerprint density at radius 2 is 1.83 bits per heavy atom. The van der Waals surface area contributed by atoms with Crippen LogP contribution in [0.5, 0.6) is 5.75 Å². The van der Waals surface area contributed by atoms with Gasteiger partial charge < -0.3 is 14.6 Å². The van der Waals surface area contributed by atoms with Crippen LogP contribution < -0.4 is 10.1 Å². The third kappa shape index (κ3) is 4.96. The predicted molar refractivity (Wildman–Crippen MR) is 122 cm³/mol. The first kappa shape index (κ1) is 22.2. The number of hydrogen-bond donors (Lipinski definition) is 1. The van der Waals surface area contributed by atoms with Crippen LogP contribution in [0.25, 0.3) is 11.0 Å². The summed E-state index contributed by atoms with van der Waals surface area (Å²) in [7, 11) is 0. The number of aromatic nitrogens is 2. The molecule has 0 aliphatic rings. The van der Waals surface area contributed by atoms with Crippen molar-refractivity contribution in [3.8, 4) is 5.75 Å². The average Bonchev–Trinajstić information content (AvgIpc) is 3.09. The SMILES string of the molecule is CCC(CC)C(=O)NCc1nc2ccccc2n1CCOc1cc(C)c(Cl)c(C)c1. The Kier molecular flexibility index (Phi) is 7.38. The minimum atomic E-state index is 0.0440. The van der Waals surface area contributed by atoms with Crippen molar-refractivity contribution in [3.05, 3.63) is 58.4 Å². The van der Waals surface area contributed by atoms with E-state index < -0.39 is 0 Å². The Labute approximate surface area is 183 Å². The number of aryl methyl sites for hydroxylation is 2. The lowest BCUT2D eigenvalue weighted by atomic mass is 10.0. The van der Waals surface area contributed by atoms with Crippen LogP contribution in [0.3, 0.4) is 0 Å². The summed E-state index contributed by atoms with van der Waals surface area (Å²) in [5, 5.41) is 3.83. The first-order chi connectivity index (χ1) is 14.4. The number of imidazole rings is 1. The molecule has 6 heteroatoms. The molecular formula is C24H30ClN3O2. The van der Waals surface area contributed by atoms with Gasteiger partial charge in [0, 0.05) is 10.9 Å². The zero-order valence-electron chi connectivity index (χ0n) is 18.2. The number of nitrogens with one attached hydrogen (secondary N) is 1. The zero-order valence-corrected chi connectivity index (χ0v) is 18.9. The number of para-hydroxylation sites is 2. The summed E-state index contributed by atoms with van der Waals surface area (Å²) in [6.45, 7) is 9.58. The molecule has 1 N–H and O–H groups in total. The van der Waals surface area contributed by atoms with Gasteiger partial charge in [-0.25, -0.2) is 4.98 Å². The van der Waals surface area contributed by atoms with E-state index in [0.29, 0.717) is 19.7 Å². The lowest BCUT2D eigenvalue weighted by Crippen LogP contribution is -2.31. The van der Waals surface area contributed by atoms with Crippen LogP contribution in [0.4, 0.5) is 0 Å². The van der Waals surface area contributed by atoms with E-state index in [2.05, 4.69) is 9.88 Å². The van der Waals surface area contributed by atoms with Gasteiger partial charge in [0.1, 0.15) is 18.2 Å². The number of halogens is 1. The van der Waals surface area contributed by atoms with E-state index in [1.165, 1.54) is 0 Å². The van der Waals surface area contributed by atoms with E-state index in [1.807, 2.05) is 64.1 Å². The molecule has 0 aliphatic heterocycles. The van der Waals surface area contributed by atoms with Gasteiger partial charge in [-0.2, -0.15) is 0 Å². The second-order valence-electron chi connectivity index (χ2n) is 7.62. The van der Waals surface area contributed by atoms with Crippen molar-refractivity contribution >= 4 is 28.5 Å². The summed E-state index contributed by atoms with van der Waals surface area (Å²) < 4.78 is 8.13. The van der Waals surface area contributed by atoms with Crippen LogP contribution in [0, 0.1) is 19.8 Å². The molecule has 0 bridgehead atoms. The molecule has 0 saturated carbocycles. The van der Waals surface area contributed by atoms with Crippen LogP contribution in [-0.4, -0.2) is 22.1 Å². The largest absolute Gasteiger partial charge is 0.492 e. The normalized spacial score (nSPS) is 11.3. The molecule has 0 atom stereocenters. The van der Waals surface area contributed by atoms with Gasteiger partial charge in [0.25, 0.3) is 0 Å². The first-order valence-electron chi connectivity index (χ1n) is 10.6. The maximum atomic E-state index is 12.4. The maximum Gasteiger partial charge on any atom is 0.223 e. The van der Waals surface area contributed by atoms with Crippen molar-refractivity contribution < 1.29 is 9.53 Å². The topological polar surface area (TPSA) is 56.2 Å². The van der Waals surface area contributed by atoms with Crippen LogP contribution in [0.15, 0.2) is 36.4 Å². The van der Waals surface area contributed by atoms with E-state index >= 15 is 0 Å². The molecule has 5 nitrogen and oxygen atoms in total. The van der Waals surface area contributed by atoms with E-state index in [1.54, 1.807) is 0 Å². The first-order valence-corrected chi connectivity index (χ1v) is 10.9. The summed E-state index contributed by atoms with van der Waals surface area (Å²) in [5.74, 6) is 1.77. The summed E-state index contributed by atoms with van der Waals surface area (Å²) in [4.78, 5) is 17.1. The smallest absolute Gasteiger partial charge is 0.223 e. The van der Waals surface area contributed by atoms with Gasteiger partial charge in [0.2, 0.25) is 5.91 Å². The maximum absolute atomic E-state index is 12.4. The van der Waals surface area contributed by atoms with E-state index in [0.717, 1.165) is 51.6 Å². The van der Waals surface area contributed by atoms with Gasteiger partial charge in [-0.3, -0.25) is 4.79 Å². The highest BCUT2D eigenvalue weighted by Gasteiger charge is 2.16. The molecule has 1 aromatic heterocycles. The number of amides is 1. The molecule has 30 heavy (non-hydrogen) atoms. The number of hydrogen-bond acceptors (Lipinski definition) is 3. The van der Waals surface area contributed by atoms with Gasteiger partial charge in [0.05, 0.1) is 24.1 Å². The fraction of sp³-hybridized carbons (Fsp3) is 0.417. The minimum Gasteiger partial charge on any atom is -0.492 e. The molecule has 0 spiro atoms. The molecule has 0 aliphatic carbocycles. The number of carbonyl (C=O) groups is 1. The van der Waals surface area contributed by atoms with Crippen molar-refractivity contribution in [3.63, 3.8) is 0 Å². The molecule has 0 radical (unpaired) electrons. The Morgan fingerprint density at radius 1 is 1.17 bits per heavy atom. The highest BCUT2D eigenvalue weighted by atomic mass is 35.5. The fourth-order valence-electron chi connectivity index (χ4n) is 3.72. The van der Waals surface area contributed by atoms with Crippen molar-refractivity contribution in [2.75, 3.05) is 6.61 Å². The van der Waals surface area contributed by atoms with Crippen LogP contribution in [-0.2, 0) is 17.9 Å². The summed E-state index contributed by atoms with van der Waals surface area (Å²) in [6, 6.07) is 11.9. The van der Waals surface area contributed by atoms with E-state index in [4.69, 9.17) is 21.3 Å². The molecule has 1 amide bonds. The average molecular weight is 428 g/mol. The second-order valence-corrected chi connectivity index (χ2v) is 8.00. The van der Waals surface area contributed by atoms with Gasteiger partial charge in [-0.05, 0) is 62.1 Å². The number of fused-ring (bicyclic) bond motifs is 1.